The van der Waals surface area contributed by atoms with Gasteiger partial charge in [0.1, 0.15) is 18.0 Å². The molecule has 1 unspecified atom stereocenters. The monoisotopic (exact) mass is 373 g/mol. The van der Waals surface area contributed by atoms with E-state index in [4.69, 9.17) is 14.2 Å². The van der Waals surface area contributed by atoms with E-state index in [1.165, 1.54) is 26.2 Å². The summed E-state index contributed by atoms with van der Waals surface area (Å²) in [7, 11) is 4.47. The summed E-state index contributed by atoms with van der Waals surface area (Å²) >= 11 is 0. The smallest absolute Gasteiger partial charge is 0.323 e. The van der Waals surface area contributed by atoms with Crippen LogP contribution in [0.15, 0.2) is 48.5 Å². The second-order valence-electron chi connectivity index (χ2n) is 5.84. The molecule has 0 heterocycles. The van der Waals surface area contributed by atoms with E-state index in [-0.39, 0.29) is 6.54 Å². The highest BCUT2D eigenvalue weighted by atomic mass is 16.5. The molecule has 0 spiro atoms. The number of carboxylic acids is 1. The highest BCUT2D eigenvalue weighted by Gasteiger charge is 2.27. The Hall–Kier alpha value is -3.06. The maximum Gasteiger partial charge on any atom is 0.323 e. The van der Waals surface area contributed by atoms with Gasteiger partial charge in [-0.2, -0.15) is 0 Å². The zero-order chi connectivity index (χ0) is 19.8. The summed E-state index contributed by atoms with van der Waals surface area (Å²) in [6.07, 6.45) is -0.891. The van der Waals surface area contributed by atoms with Crippen LogP contribution in [-0.4, -0.2) is 49.8 Å². The van der Waals surface area contributed by atoms with Gasteiger partial charge >= 0.3 is 5.97 Å². The third-order valence-corrected chi connectivity index (χ3v) is 3.98. The first kappa shape index (κ1) is 20.3. The van der Waals surface area contributed by atoms with Crippen LogP contribution in [-0.2, 0) is 20.9 Å². The fraction of sp³-hybridized carbons (Fsp3) is 0.300. The Labute approximate surface area is 158 Å². The molecule has 0 fully saturated rings. The van der Waals surface area contributed by atoms with E-state index in [9.17, 15) is 14.7 Å². The number of benzene rings is 2. The van der Waals surface area contributed by atoms with Gasteiger partial charge in [0.15, 0.2) is 6.10 Å². The lowest BCUT2D eigenvalue weighted by molar-refractivity contribution is -0.150. The van der Waals surface area contributed by atoms with Crippen molar-refractivity contribution >= 4 is 11.9 Å². The third-order valence-electron chi connectivity index (χ3n) is 3.98. The highest BCUT2D eigenvalue weighted by Crippen LogP contribution is 2.25. The van der Waals surface area contributed by atoms with Crippen molar-refractivity contribution in [1.82, 2.24) is 4.90 Å². The van der Waals surface area contributed by atoms with E-state index in [1.54, 1.807) is 42.5 Å². The Bertz CT molecular complexity index is 755. The summed E-state index contributed by atoms with van der Waals surface area (Å²) in [5.41, 5.74) is 1.34. The molecule has 7 nitrogen and oxygen atoms in total. The SMILES string of the molecule is COc1cc(CN(CC(=O)O)C(=O)C(OC)c2ccccc2)cc(OC)c1. The minimum atomic E-state index is -1.11. The Morgan fingerprint density at radius 1 is 1.00 bits per heavy atom. The van der Waals surface area contributed by atoms with Crippen molar-refractivity contribution in [1.29, 1.82) is 0 Å². The maximum atomic E-state index is 13.0. The van der Waals surface area contributed by atoms with Crippen LogP contribution in [0.3, 0.4) is 0 Å². The number of rotatable bonds is 9. The van der Waals surface area contributed by atoms with Crippen molar-refractivity contribution in [3.8, 4) is 11.5 Å². The van der Waals surface area contributed by atoms with Gasteiger partial charge in [0.05, 0.1) is 14.2 Å². The first-order valence-electron chi connectivity index (χ1n) is 8.28. The molecule has 1 amide bonds. The van der Waals surface area contributed by atoms with E-state index < -0.39 is 24.5 Å². The number of carbonyl (C=O) groups is 2. The number of amides is 1. The summed E-state index contributed by atoms with van der Waals surface area (Å²) in [6, 6.07) is 14.1. The van der Waals surface area contributed by atoms with Crippen LogP contribution < -0.4 is 9.47 Å². The normalized spacial score (nSPS) is 11.5. The maximum absolute atomic E-state index is 13.0. The lowest BCUT2D eigenvalue weighted by Crippen LogP contribution is -2.39. The van der Waals surface area contributed by atoms with Gasteiger partial charge in [-0.15, -0.1) is 0 Å². The molecule has 0 bridgehead atoms. The predicted molar refractivity (Wildman–Crippen MR) is 98.8 cm³/mol. The van der Waals surface area contributed by atoms with Crippen LogP contribution in [0.4, 0.5) is 0 Å². The quantitative estimate of drug-likeness (QED) is 0.727. The number of nitrogens with zero attached hydrogens (tertiary/aromatic N) is 1. The summed E-state index contributed by atoms with van der Waals surface area (Å²) in [6.45, 7) is -0.379. The van der Waals surface area contributed by atoms with Gasteiger partial charge in [-0.3, -0.25) is 9.59 Å². The fourth-order valence-electron chi connectivity index (χ4n) is 2.73. The zero-order valence-electron chi connectivity index (χ0n) is 15.5. The number of ether oxygens (including phenoxy) is 3. The standard InChI is InChI=1S/C20H23NO6/c1-25-16-9-14(10-17(11-16)26-2)12-21(13-18(22)23)20(24)19(27-3)15-7-5-4-6-8-15/h4-11,19H,12-13H2,1-3H3,(H,22,23). The van der Waals surface area contributed by atoms with E-state index in [2.05, 4.69) is 0 Å². The molecule has 0 aliphatic carbocycles. The van der Waals surface area contributed by atoms with Crippen molar-refractivity contribution in [2.75, 3.05) is 27.9 Å². The van der Waals surface area contributed by atoms with Crippen molar-refractivity contribution in [3.05, 3.63) is 59.7 Å². The first-order chi connectivity index (χ1) is 13.0. The van der Waals surface area contributed by atoms with Crippen LogP contribution in [0.5, 0.6) is 11.5 Å². The van der Waals surface area contributed by atoms with E-state index in [1.807, 2.05) is 6.07 Å². The van der Waals surface area contributed by atoms with Gasteiger partial charge in [0.25, 0.3) is 5.91 Å². The molecular weight excluding hydrogens is 350 g/mol. The molecule has 0 aromatic heterocycles. The molecule has 27 heavy (non-hydrogen) atoms. The molecule has 2 rings (SSSR count). The summed E-state index contributed by atoms with van der Waals surface area (Å²) < 4.78 is 15.8. The minimum Gasteiger partial charge on any atom is -0.497 e. The molecule has 0 saturated carbocycles. The van der Waals surface area contributed by atoms with E-state index in [0.717, 1.165) is 0 Å². The molecule has 1 N–H and O–H groups in total. The number of hydrogen-bond donors (Lipinski definition) is 1. The summed E-state index contributed by atoms with van der Waals surface area (Å²) in [5.74, 6) is -0.439. The average molecular weight is 373 g/mol. The largest absolute Gasteiger partial charge is 0.497 e. The molecule has 144 valence electrons. The van der Waals surface area contributed by atoms with Crippen LogP contribution >= 0.6 is 0 Å². The zero-order valence-corrected chi connectivity index (χ0v) is 15.5. The van der Waals surface area contributed by atoms with Crippen molar-refractivity contribution < 1.29 is 28.9 Å². The topological polar surface area (TPSA) is 85.3 Å². The first-order valence-corrected chi connectivity index (χ1v) is 8.28. The van der Waals surface area contributed by atoms with E-state index in [0.29, 0.717) is 22.6 Å². The van der Waals surface area contributed by atoms with Crippen LogP contribution in [0.25, 0.3) is 0 Å². The average Bonchev–Trinajstić information content (AvgIpc) is 2.68. The summed E-state index contributed by atoms with van der Waals surface area (Å²) in [4.78, 5) is 25.5. The number of aliphatic carboxylic acids is 1. The third kappa shape index (κ3) is 5.46. The Morgan fingerprint density at radius 2 is 1.59 bits per heavy atom. The minimum absolute atomic E-state index is 0.0748. The van der Waals surface area contributed by atoms with E-state index >= 15 is 0 Å². The lowest BCUT2D eigenvalue weighted by Gasteiger charge is -2.26. The van der Waals surface area contributed by atoms with Crippen molar-refractivity contribution in [2.45, 2.75) is 12.6 Å². The number of hydrogen-bond acceptors (Lipinski definition) is 5. The molecule has 0 aliphatic rings. The number of carbonyl (C=O) groups excluding carboxylic acids is 1. The Morgan fingerprint density at radius 3 is 2.07 bits per heavy atom. The van der Waals surface area contributed by atoms with Crippen molar-refractivity contribution in [3.63, 3.8) is 0 Å². The van der Waals surface area contributed by atoms with Crippen LogP contribution in [0, 0.1) is 0 Å². The van der Waals surface area contributed by atoms with Gasteiger partial charge in [0, 0.05) is 19.7 Å². The van der Waals surface area contributed by atoms with Crippen molar-refractivity contribution in [2.24, 2.45) is 0 Å². The summed E-state index contributed by atoms with van der Waals surface area (Å²) in [5, 5.41) is 9.25. The molecule has 0 aliphatic heterocycles. The van der Waals surface area contributed by atoms with Crippen LogP contribution in [0.2, 0.25) is 0 Å². The van der Waals surface area contributed by atoms with Gasteiger partial charge in [0.2, 0.25) is 0 Å². The number of carboxylic acid groups (broad SMARTS) is 1. The molecule has 0 radical (unpaired) electrons. The Balaban J connectivity index is 2.31. The predicted octanol–water partition coefficient (Wildman–Crippen LogP) is 2.50. The molecule has 7 heteroatoms. The van der Waals surface area contributed by atoms with Crippen LogP contribution in [0.1, 0.15) is 17.2 Å². The number of methoxy groups -OCH3 is 3. The van der Waals surface area contributed by atoms with Gasteiger partial charge < -0.3 is 24.2 Å². The lowest BCUT2D eigenvalue weighted by atomic mass is 10.1. The molecule has 2 aromatic carbocycles. The van der Waals surface area contributed by atoms with Gasteiger partial charge in [-0.05, 0) is 23.3 Å². The molecule has 1 atom stereocenters. The molecule has 2 aromatic rings. The van der Waals surface area contributed by atoms with Gasteiger partial charge in [-0.25, -0.2) is 0 Å². The second kappa shape index (κ2) is 9.59. The molecular formula is C20H23NO6. The fourth-order valence-corrected chi connectivity index (χ4v) is 2.73. The Kier molecular flexibility index (Phi) is 7.19. The highest BCUT2D eigenvalue weighted by molar-refractivity contribution is 5.85. The second-order valence-corrected chi connectivity index (χ2v) is 5.84. The molecule has 0 saturated heterocycles. The van der Waals surface area contributed by atoms with Gasteiger partial charge in [-0.1, -0.05) is 30.3 Å².